The average Bonchev–Trinajstić information content (AvgIpc) is 2.59. The summed E-state index contributed by atoms with van der Waals surface area (Å²) in [5.41, 5.74) is 0. The zero-order valence-electron chi connectivity index (χ0n) is 7.28. The van der Waals surface area contributed by atoms with Gasteiger partial charge < -0.3 is 9.30 Å². The van der Waals surface area contributed by atoms with Crippen molar-refractivity contribution >= 4 is 0 Å². The molecule has 0 amide bonds. The number of aromatic nitrogens is 1. The normalized spacial score (nSPS) is 24.2. The first-order chi connectivity index (χ1) is 5.95. The summed E-state index contributed by atoms with van der Waals surface area (Å²) >= 11 is 0. The Morgan fingerprint density at radius 2 is 2.17 bits per heavy atom. The van der Waals surface area contributed by atoms with E-state index in [9.17, 15) is 0 Å². The molecule has 12 heavy (non-hydrogen) atoms. The van der Waals surface area contributed by atoms with Crippen molar-refractivity contribution in [2.75, 3.05) is 13.2 Å². The van der Waals surface area contributed by atoms with Gasteiger partial charge in [-0.1, -0.05) is 0 Å². The lowest BCUT2D eigenvalue weighted by molar-refractivity contribution is 0.0484. The molecule has 1 aromatic heterocycles. The summed E-state index contributed by atoms with van der Waals surface area (Å²) in [7, 11) is 0. The fourth-order valence-corrected chi connectivity index (χ4v) is 1.74. The van der Waals surface area contributed by atoms with Gasteiger partial charge in [-0.15, -0.1) is 0 Å². The van der Waals surface area contributed by atoms with Gasteiger partial charge in [0, 0.05) is 31.5 Å². The van der Waals surface area contributed by atoms with E-state index in [2.05, 4.69) is 29.1 Å². The second-order valence-electron chi connectivity index (χ2n) is 3.46. The minimum atomic E-state index is 0.728. The van der Waals surface area contributed by atoms with E-state index in [-0.39, 0.29) is 0 Å². The van der Waals surface area contributed by atoms with Crippen LogP contribution in [0.1, 0.15) is 12.8 Å². The van der Waals surface area contributed by atoms with Crippen LogP contribution >= 0.6 is 0 Å². The molecule has 0 aromatic carbocycles. The Hall–Kier alpha value is -0.760. The van der Waals surface area contributed by atoms with E-state index in [1.54, 1.807) is 0 Å². The van der Waals surface area contributed by atoms with Gasteiger partial charge in [-0.05, 0) is 25.0 Å². The summed E-state index contributed by atoms with van der Waals surface area (Å²) in [6.45, 7) is 3.02. The molecule has 1 aliphatic rings. The Bertz CT molecular complexity index is 212. The minimum absolute atomic E-state index is 0.728. The number of hydrogen-bond acceptors (Lipinski definition) is 1. The smallest absolute Gasteiger partial charge is 0.0511 e. The summed E-state index contributed by atoms with van der Waals surface area (Å²) in [5, 5.41) is 0. The molecule has 2 rings (SSSR count). The number of nitrogens with zero attached hydrogens (tertiary/aromatic N) is 1. The van der Waals surface area contributed by atoms with Crippen LogP contribution in [0, 0.1) is 5.92 Å². The van der Waals surface area contributed by atoms with Gasteiger partial charge in [0.25, 0.3) is 0 Å². The van der Waals surface area contributed by atoms with Crippen LogP contribution in [0.4, 0.5) is 0 Å². The molecular formula is C10H15NO. The highest BCUT2D eigenvalue weighted by molar-refractivity contribution is 4.90. The fourth-order valence-electron chi connectivity index (χ4n) is 1.74. The van der Waals surface area contributed by atoms with Crippen molar-refractivity contribution in [1.29, 1.82) is 0 Å². The van der Waals surface area contributed by atoms with Gasteiger partial charge >= 0.3 is 0 Å². The second kappa shape index (κ2) is 3.76. The van der Waals surface area contributed by atoms with Gasteiger partial charge in [0.05, 0.1) is 6.61 Å². The van der Waals surface area contributed by atoms with Gasteiger partial charge in [0.1, 0.15) is 0 Å². The van der Waals surface area contributed by atoms with E-state index in [0.717, 1.165) is 25.7 Å². The lowest BCUT2D eigenvalue weighted by atomic mass is 10.0. The Kier molecular flexibility index (Phi) is 2.47. The zero-order valence-corrected chi connectivity index (χ0v) is 7.28. The van der Waals surface area contributed by atoms with E-state index in [0.29, 0.717) is 0 Å². The van der Waals surface area contributed by atoms with E-state index < -0.39 is 0 Å². The maximum atomic E-state index is 5.42. The third-order valence-electron chi connectivity index (χ3n) is 2.39. The largest absolute Gasteiger partial charge is 0.381 e. The molecule has 1 unspecified atom stereocenters. The van der Waals surface area contributed by atoms with Crippen LogP contribution in [0.2, 0.25) is 0 Å². The molecule has 0 radical (unpaired) electrons. The molecule has 1 fully saturated rings. The number of rotatable bonds is 2. The summed E-state index contributed by atoms with van der Waals surface area (Å²) in [6.07, 6.45) is 6.79. The second-order valence-corrected chi connectivity index (χ2v) is 3.46. The third-order valence-corrected chi connectivity index (χ3v) is 2.39. The first-order valence-electron chi connectivity index (χ1n) is 4.63. The zero-order chi connectivity index (χ0) is 8.23. The van der Waals surface area contributed by atoms with E-state index in [1.165, 1.54) is 12.8 Å². The van der Waals surface area contributed by atoms with Crippen LogP contribution in [0.5, 0.6) is 0 Å². The molecule has 1 atom stereocenters. The lowest BCUT2D eigenvalue weighted by Gasteiger charge is -2.22. The molecule has 1 aliphatic heterocycles. The first kappa shape index (κ1) is 7.87. The molecule has 0 saturated carbocycles. The van der Waals surface area contributed by atoms with Crippen LogP contribution in [0.15, 0.2) is 24.5 Å². The van der Waals surface area contributed by atoms with Crippen molar-refractivity contribution in [2.45, 2.75) is 19.4 Å². The van der Waals surface area contributed by atoms with Crippen molar-refractivity contribution in [3.8, 4) is 0 Å². The van der Waals surface area contributed by atoms with E-state index in [4.69, 9.17) is 4.74 Å². The Morgan fingerprint density at radius 3 is 2.83 bits per heavy atom. The van der Waals surface area contributed by atoms with Crippen molar-refractivity contribution in [1.82, 2.24) is 4.57 Å². The molecule has 0 spiro atoms. The van der Waals surface area contributed by atoms with Gasteiger partial charge in [0.15, 0.2) is 0 Å². The van der Waals surface area contributed by atoms with Crippen molar-refractivity contribution in [3.63, 3.8) is 0 Å². The van der Waals surface area contributed by atoms with Gasteiger partial charge in [0.2, 0.25) is 0 Å². The lowest BCUT2D eigenvalue weighted by Crippen LogP contribution is -2.21. The molecule has 2 heteroatoms. The van der Waals surface area contributed by atoms with Gasteiger partial charge in [-0.2, -0.15) is 0 Å². The summed E-state index contributed by atoms with van der Waals surface area (Å²) < 4.78 is 7.65. The Labute approximate surface area is 73.1 Å². The highest BCUT2D eigenvalue weighted by Gasteiger charge is 2.13. The van der Waals surface area contributed by atoms with Crippen molar-refractivity contribution in [2.24, 2.45) is 5.92 Å². The van der Waals surface area contributed by atoms with Crippen LogP contribution in [0.25, 0.3) is 0 Å². The van der Waals surface area contributed by atoms with Crippen molar-refractivity contribution < 1.29 is 4.74 Å². The quantitative estimate of drug-likeness (QED) is 0.653. The van der Waals surface area contributed by atoms with Gasteiger partial charge in [-0.3, -0.25) is 0 Å². The Morgan fingerprint density at radius 1 is 1.33 bits per heavy atom. The van der Waals surface area contributed by atoms with Crippen LogP contribution in [-0.4, -0.2) is 17.8 Å². The molecule has 2 nitrogen and oxygen atoms in total. The SMILES string of the molecule is c1ccn(CC2CCCOC2)c1. The van der Waals surface area contributed by atoms with Gasteiger partial charge in [-0.25, -0.2) is 0 Å². The topological polar surface area (TPSA) is 14.2 Å². The fraction of sp³-hybridized carbons (Fsp3) is 0.600. The molecule has 1 aromatic rings. The molecule has 1 saturated heterocycles. The van der Waals surface area contributed by atoms with E-state index in [1.807, 2.05) is 0 Å². The predicted molar refractivity (Wildman–Crippen MR) is 48.0 cm³/mol. The monoisotopic (exact) mass is 165 g/mol. The van der Waals surface area contributed by atoms with Crippen LogP contribution in [0.3, 0.4) is 0 Å². The minimum Gasteiger partial charge on any atom is -0.381 e. The molecular weight excluding hydrogens is 150 g/mol. The third kappa shape index (κ3) is 1.89. The molecule has 0 N–H and O–H groups in total. The number of ether oxygens (including phenoxy) is 1. The van der Waals surface area contributed by atoms with Crippen molar-refractivity contribution in [3.05, 3.63) is 24.5 Å². The maximum Gasteiger partial charge on any atom is 0.0511 e. The maximum absolute atomic E-state index is 5.42. The summed E-state index contributed by atoms with van der Waals surface area (Å²) in [4.78, 5) is 0. The van der Waals surface area contributed by atoms with Crippen LogP contribution in [-0.2, 0) is 11.3 Å². The first-order valence-corrected chi connectivity index (χ1v) is 4.63. The average molecular weight is 165 g/mol. The predicted octanol–water partition coefficient (Wildman–Crippen LogP) is 1.91. The summed E-state index contributed by atoms with van der Waals surface area (Å²) in [5.74, 6) is 0.728. The molecule has 66 valence electrons. The van der Waals surface area contributed by atoms with E-state index >= 15 is 0 Å². The highest BCUT2D eigenvalue weighted by atomic mass is 16.5. The van der Waals surface area contributed by atoms with Crippen LogP contribution < -0.4 is 0 Å². The summed E-state index contributed by atoms with van der Waals surface area (Å²) in [6, 6.07) is 4.15. The molecule has 2 heterocycles. The Balaban J connectivity index is 1.86. The molecule has 0 aliphatic carbocycles. The molecule has 0 bridgehead atoms. The number of hydrogen-bond donors (Lipinski definition) is 0. The highest BCUT2D eigenvalue weighted by Crippen LogP contribution is 2.15. The standard InChI is InChI=1S/C10H15NO/c1-2-6-11(5-1)8-10-4-3-7-12-9-10/h1-2,5-6,10H,3-4,7-9H2.